The number of methoxy groups -OCH3 is 1. The highest BCUT2D eigenvalue weighted by Crippen LogP contribution is 2.16. The van der Waals surface area contributed by atoms with E-state index in [0.717, 1.165) is 6.42 Å². The largest absolute Gasteiger partial charge is 0.385 e. The van der Waals surface area contributed by atoms with Crippen LogP contribution in [0.25, 0.3) is 0 Å². The molecule has 0 aromatic heterocycles. The molecule has 0 aliphatic carbocycles. The van der Waals surface area contributed by atoms with Crippen LogP contribution < -0.4 is 10.0 Å². The topological polar surface area (TPSA) is 84.5 Å². The zero-order chi connectivity index (χ0) is 17.4. The second kappa shape index (κ2) is 8.47. The summed E-state index contributed by atoms with van der Waals surface area (Å²) in [5, 5.41) is 2.75. The van der Waals surface area contributed by atoms with E-state index in [0.29, 0.717) is 24.4 Å². The van der Waals surface area contributed by atoms with Gasteiger partial charge in [-0.2, -0.15) is 0 Å². The second-order valence-electron chi connectivity index (χ2n) is 5.10. The molecule has 0 fully saturated rings. The predicted molar refractivity (Wildman–Crippen MR) is 92.5 cm³/mol. The maximum Gasteiger partial charge on any atom is 0.261 e. The van der Waals surface area contributed by atoms with Gasteiger partial charge < -0.3 is 10.1 Å². The molecule has 0 saturated heterocycles. The van der Waals surface area contributed by atoms with Crippen molar-refractivity contribution in [3.8, 4) is 0 Å². The van der Waals surface area contributed by atoms with Crippen LogP contribution in [0.4, 0.5) is 5.69 Å². The highest BCUT2D eigenvalue weighted by Gasteiger charge is 2.15. The van der Waals surface area contributed by atoms with E-state index in [1.54, 1.807) is 37.4 Å². The molecule has 1 amide bonds. The van der Waals surface area contributed by atoms with Crippen molar-refractivity contribution in [2.75, 3.05) is 25.0 Å². The SMILES string of the molecule is COCCCNC(=O)c1ccc(S(=O)(=O)Nc2ccccc2)cc1. The van der Waals surface area contributed by atoms with Gasteiger partial charge in [-0.05, 0) is 42.8 Å². The van der Waals surface area contributed by atoms with Crippen molar-refractivity contribution in [2.24, 2.45) is 0 Å². The molecule has 0 saturated carbocycles. The lowest BCUT2D eigenvalue weighted by Crippen LogP contribution is -2.25. The van der Waals surface area contributed by atoms with Gasteiger partial charge in [0.15, 0.2) is 0 Å². The quantitative estimate of drug-likeness (QED) is 0.717. The van der Waals surface area contributed by atoms with Gasteiger partial charge in [0.05, 0.1) is 4.90 Å². The third-order valence-electron chi connectivity index (χ3n) is 3.26. The molecule has 0 aliphatic heterocycles. The Morgan fingerprint density at radius 3 is 2.33 bits per heavy atom. The van der Waals surface area contributed by atoms with Crippen molar-refractivity contribution in [3.05, 3.63) is 60.2 Å². The Labute approximate surface area is 141 Å². The fourth-order valence-electron chi connectivity index (χ4n) is 2.03. The molecule has 7 heteroatoms. The first-order valence-corrected chi connectivity index (χ1v) is 8.96. The summed E-state index contributed by atoms with van der Waals surface area (Å²) >= 11 is 0. The van der Waals surface area contributed by atoms with Crippen LogP contribution in [-0.4, -0.2) is 34.6 Å². The molecule has 2 aromatic rings. The molecule has 2 aromatic carbocycles. The lowest BCUT2D eigenvalue weighted by molar-refractivity contribution is 0.0948. The monoisotopic (exact) mass is 348 g/mol. The van der Waals surface area contributed by atoms with Crippen molar-refractivity contribution in [1.29, 1.82) is 0 Å². The minimum absolute atomic E-state index is 0.0993. The van der Waals surface area contributed by atoms with Gasteiger partial charge in [-0.25, -0.2) is 8.42 Å². The first-order valence-electron chi connectivity index (χ1n) is 7.48. The Kier molecular flexibility index (Phi) is 6.34. The number of carbonyl (C=O) groups excluding carboxylic acids is 1. The van der Waals surface area contributed by atoms with E-state index in [4.69, 9.17) is 4.74 Å². The summed E-state index contributed by atoms with van der Waals surface area (Å²) in [6.45, 7) is 1.07. The molecule has 0 bridgehead atoms. The van der Waals surface area contributed by atoms with E-state index in [-0.39, 0.29) is 10.8 Å². The van der Waals surface area contributed by atoms with E-state index < -0.39 is 10.0 Å². The van der Waals surface area contributed by atoms with E-state index in [1.165, 1.54) is 24.3 Å². The predicted octanol–water partition coefficient (Wildman–Crippen LogP) is 2.25. The number of nitrogens with one attached hydrogen (secondary N) is 2. The Bertz CT molecular complexity index is 759. The maximum atomic E-state index is 12.3. The standard InChI is InChI=1S/C17H20N2O4S/c1-23-13-5-12-18-17(20)14-8-10-16(11-9-14)24(21,22)19-15-6-3-2-4-7-15/h2-4,6-11,19H,5,12-13H2,1H3,(H,18,20). The van der Waals surface area contributed by atoms with Crippen LogP contribution in [0.3, 0.4) is 0 Å². The molecule has 0 aliphatic rings. The Morgan fingerprint density at radius 2 is 1.71 bits per heavy atom. The molecular formula is C17H20N2O4S. The van der Waals surface area contributed by atoms with Gasteiger partial charge in [0.1, 0.15) is 0 Å². The van der Waals surface area contributed by atoms with E-state index in [1.807, 2.05) is 0 Å². The maximum absolute atomic E-state index is 12.3. The van der Waals surface area contributed by atoms with Gasteiger partial charge in [-0.3, -0.25) is 9.52 Å². The molecule has 0 heterocycles. The van der Waals surface area contributed by atoms with Gasteiger partial charge in [0.2, 0.25) is 0 Å². The van der Waals surface area contributed by atoms with Gasteiger partial charge in [0.25, 0.3) is 15.9 Å². The van der Waals surface area contributed by atoms with E-state index in [2.05, 4.69) is 10.0 Å². The Hall–Kier alpha value is -2.38. The number of anilines is 1. The Balaban J connectivity index is 2.01. The summed E-state index contributed by atoms with van der Waals surface area (Å²) in [6.07, 6.45) is 0.718. The van der Waals surface area contributed by atoms with Crippen LogP contribution in [0.1, 0.15) is 16.8 Å². The highest BCUT2D eigenvalue weighted by atomic mass is 32.2. The second-order valence-corrected chi connectivity index (χ2v) is 6.78. The lowest BCUT2D eigenvalue weighted by Gasteiger charge is -2.09. The molecule has 6 nitrogen and oxygen atoms in total. The molecule has 0 unspecified atom stereocenters. The van der Waals surface area contributed by atoms with Gasteiger partial charge >= 0.3 is 0 Å². The summed E-state index contributed by atoms with van der Waals surface area (Å²) in [7, 11) is -2.08. The summed E-state index contributed by atoms with van der Waals surface area (Å²) in [5.41, 5.74) is 0.892. The number of benzene rings is 2. The highest BCUT2D eigenvalue weighted by molar-refractivity contribution is 7.92. The normalized spacial score (nSPS) is 11.0. The lowest BCUT2D eigenvalue weighted by atomic mass is 10.2. The first-order chi connectivity index (χ1) is 11.5. The number of rotatable bonds is 8. The zero-order valence-corrected chi connectivity index (χ0v) is 14.2. The van der Waals surface area contributed by atoms with Crippen LogP contribution in [0.2, 0.25) is 0 Å². The smallest absolute Gasteiger partial charge is 0.261 e. The van der Waals surface area contributed by atoms with Crippen molar-refractivity contribution in [2.45, 2.75) is 11.3 Å². The van der Waals surface area contributed by atoms with Gasteiger partial charge in [0, 0.05) is 31.5 Å². The molecule has 2 rings (SSSR count). The molecular weight excluding hydrogens is 328 g/mol. The number of para-hydroxylation sites is 1. The molecule has 0 spiro atoms. The molecule has 0 atom stereocenters. The zero-order valence-electron chi connectivity index (χ0n) is 13.4. The van der Waals surface area contributed by atoms with Crippen LogP contribution in [0.5, 0.6) is 0 Å². The van der Waals surface area contributed by atoms with E-state index >= 15 is 0 Å². The minimum Gasteiger partial charge on any atom is -0.385 e. The van der Waals surface area contributed by atoms with Crippen molar-refractivity contribution < 1.29 is 17.9 Å². The minimum atomic E-state index is -3.68. The number of carbonyl (C=O) groups is 1. The van der Waals surface area contributed by atoms with Crippen LogP contribution in [0.15, 0.2) is 59.5 Å². The Morgan fingerprint density at radius 1 is 1.04 bits per heavy atom. The first kappa shape index (κ1) is 18.0. The van der Waals surface area contributed by atoms with Crippen LogP contribution in [0, 0.1) is 0 Å². The molecule has 2 N–H and O–H groups in total. The van der Waals surface area contributed by atoms with Crippen LogP contribution >= 0.6 is 0 Å². The fraction of sp³-hybridized carbons (Fsp3) is 0.235. The van der Waals surface area contributed by atoms with Crippen LogP contribution in [-0.2, 0) is 14.8 Å². The molecule has 24 heavy (non-hydrogen) atoms. The number of sulfonamides is 1. The van der Waals surface area contributed by atoms with Gasteiger partial charge in [-0.1, -0.05) is 18.2 Å². The average Bonchev–Trinajstić information content (AvgIpc) is 2.59. The number of amides is 1. The third-order valence-corrected chi connectivity index (χ3v) is 4.66. The average molecular weight is 348 g/mol. The van der Waals surface area contributed by atoms with E-state index in [9.17, 15) is 13.2 Å². The summed E-state index contributed by atoms with van der Waals surface area (Å²) in [4.78, 5) is 12.0. The van der Waals surface area contributed by atoms with Gasteiger partial charge in [-0.15, -0.1) is 0 Å². The van der Waals surface area contributed by atoms with Crippen molar-refractivity contribution >= 4 is 21.6 Å². The summed E-state index contributed by atoms with van der Waals surface area (Å²) < 4.78 is 32.0. The number of ether oxygens (including phenoxy) is 1. The molecule has 128 valence electrons. The summed E-state index contributed by atoms with van der Waals surface area (Å²) in [5.74, 6) is -0.244. The molecule has 0 radical (unpaired) electrons. The number of hydrogen-bond donors (Lipinski definition) is 2. The number of hydrogen-bond acceptors (Lipinski definition) is 4. The fourth-order valence-corrected chi connectivity index (χ4v) is 3.08. The third kappa shape index (κ3) is 5.07. The summed E-state index contributed by atoms with van der Waals surface area (Å²) in [6, 6.07) is 14.4. The van der Waals surface area contributed by atoms with Crippen molar-refractivity contribution in [3.63, 3.8) is 0 Å². The van der Waals surface area contributed by atoms with Crippen molar-refractivity contribution in [1.82, 2.24) is 5.32 Å².